The molecule has 62 valence electrons. The van der Waals surface area contributed by atoms with Crippen LogP contribution >= 0.6 is 0 Å². The number of rotatable bonds is 1. The Hall–Kier alpha value is -0.370. The van der Waals surface area contributed by atoms with E-state index in [1.807, 2.05) is 0 Å². The van der Waals surface area contributed by atoms with Crippen LogP contribution in [0.3, 0.4) is 0 Å². The fraction of sp³-hybridized carbons (Fsp3) is 0.889. The van der Waals surface area contributed by atoms with Gasteiger partial charge in [-0.05, 0) is 38.8 Å². The van der Waals surface area contributed by atoms with Crippen molar-refractivity contribution in [2.75, 3.05) is 13.1 Å². The maximum atomic E-state index is 10.7. The molecule has 0 aromatic carbocycles. The summed E-state index contributed by atoms with van der Waals surface area (Å²) in [4.78, 5) is 13.2. The number of fused-ring (bicyclic) bond motifs is 1. The van der Waals surface area contributed by atoms with Crippen molar-refractivity contribution in [2.45, 2.75) is 31.7 Å². The van der Waals surface area contributed by atoms with Gasteiger partial charge in [-0.3, -0.25) is 4.90 Å². The Morgan fingerprint density at radius 3 is 2.64 bits per heavy atom. The molecule has 0 aromatic rings. The summed E-state index contributed by atoms with van der Waals surface area (Å²) < 4.78 is 0. The van der Waals surface area contributed by atoms with Gasteiger partial charge >= 0.3 is 0 Å². The van der Waals surface area contributed by atoms with Crippen LogP contribution in [0, 0.1) is 5.92 Å². The average Bonchev–Trinajstić information content (AvgIpc) is 2.50. The van der Waals surface area contributed by atoms with Crippen LogP contribution in [0.25, 0.3) is 0 Å². The van der Waals surface area contributed by atoms with Gasteiger partial charge in [0, 0.05) is 12.0 Å². The van der Waals surface area contributed by atoms with Gasteiger partial charge < -0.3 is 4.79 Å². The molecule has 0 bridgehead atoms. The summed E-state index contributed by atoms with van der Waals surface area (Å²) in [6.07, 6.45) is 6.07. The largest absolute Gasteiger partial charge is 0.303 e. The van der Waals surface area contributed by atoms with Gasteiger partial charge in [0.2, 0.25) is 0 Å². The minimum atomic E-state index is 0.353. The lowest BCUT2D eigenvalue weighted by Crippen LogP contribution is -2.41. The molecule has 0 saturated carbocycles. The maximum Gasteiger partial charge on any atom is 0.124 e. The van der Waals surface area contributed by atoms with Crippen LogP contribution < -0.4 is 0 Å². The molecule has 0 aromatic heterocycles. The zero-order chi connectivity index (χ0) is 7.68. The minimum absolute atomic E-state index is 0.353. The monoisotopic (exact) mass is 153 g/mol. The van der Waals surface area contributed by atoms with Crippen molar-refractivity contribution in [3.8, 4) is 0 Å². The number of piperidine rings is 1. The molecule has 2 aliphatic heterocycles. The van der Waals surface area contributed by atoms with E-state index in [1.165, 1.54) is 38.6 Å². The topological polar surface area (TPSA) is 20.3 Å². The number of carbonyl (C=O) groups excluding carboxylic acids is 1. The van der Waals surface area contributed by atoms with Gasteiger partial charge in [0.05, 0.1) is 0 Å². The van der Waals surface area contributed by atoms with Gasteiger partial charge in [0.1, 0.15) is 6.29 Å². The van der Waals surface area contributed by atoms with Crippen LogP contribution in [0.15, 0.2) is 0 Å². The van der Waals surface area contributed by atoms with Crippen LogP contribution in [0.5, 0.6) is 0 Å². The van der Waals surface area contributed by atoms with Crippen LogP contribution in [0.1, 0.15) is 25.7 Å². The number of carbonyl (C=O) groups is 1. The van der Waals surface area contributed by atoms with Crippen molar-refractivity contribution < 1.29 is 4.79 Å². The van der Waals surface area contributed by atoms with Crippen LogP contribution in [-0.4, -0.2) is 30.3 Å². The molecule has 2 heterocycles. The molecule has 2 heteroatoms. The van der Waals surface area contributed by atoms with E-state index in [1.54, 1.807) is 0 Å². The Bertz CT molecular complexity index is 158. The number of aldehydes is 1. The van der Waals surface area contributed by atoms with E-state index in [4.69, 9.17) is 0 Å². The van der Waals surface area contributed by atoms with Crippen molar-refractivity contribution in [3.63, 3.8) is 0 Å². The summed E-state index contributed by atoms with van der Waals surface area (Å²) >= 11 is 0. The van der Waals surface area contributed by atoms with E-state index >= 15 is 0 Å². The third kappa shape index (κ3) is 1.20. The molecule has 0 N–H and O–H groups in total. The molecule has 2 nitrogen and oxygen atoms in total. The Balaban J connectivity index is 2.06. The molecule has 2 rings (SSSR count). The summed E-state index contributed by atoms with van der Waals surface area (Å²) in [6, 6.07) is 0.612. The summed E-state index contributed by atoms with van der Waals surface area (Å²) in [5.41, 5.74) is 0. The number of nitrogens with zero attached hydrogens (tertiary/aromatic N) is 1. The first kappa shape index (κ1) is 7.29. The van der Waals surface area contributed by atoms with Gasteiger partial charge in [0.15, 0.2) is 0 Å². The second kappa shape index (κ2) is 2.94. The maximum absolute atomic E-state index is 10.7. The highest BCUT2D eigenvalue weighted by Gasteiger charge is 2.33. The van der Waals surface area contributed by atoms with Crippen molar-refractivity contribution in [1.82, 2.24) is 4.90 Å². The fourth-order valence-electron chi connectivity index (χ4n) is 2.50. The lowest BCUT2D eigenvalue weighted by molar-refractivity contribution is -0.113. The molecule has 11 heavy (non-hydrogen) atoms. The van der Waals surface area contributed by atoms with Crippen molar-refractivity contribution in [3.05, 3.63) is 0 Å². The molecular formula is C9H15NO. The Kier molecular flexibility index (Phi) is 1.95. The highest BCUT2D eigenvalue weighted by Crippen LogP contribution is 2.30. The van der Waals surface area contributed by atoms with E-state index in [2.05, 4.69) is 4.90 Å². The molecule has 0 radical (unpaired) electrons. The zero-order valence-electron chi connectivity index (χ0n) is 6.83. The molecule has 2 aliphatic rings. The van der Waals surface area contributed by atoms with E-state index < -0.39 is 0 Å². The molecule has 0 aliphatic carbocycles. The van der Waals surface area contributed by atoms with Gasteiger partial charge in [0.25, 0.3) is 0 Å². The predicted molar refractivity (Wildman–Crippen MR) is 43.4 cm³/mol. The highest BCUT2D eigenvalue weighted by molar-refractivity contribution is 5.55. The summed E-state index contributed by atoms with van der Waals surface area (Å²) in [5.74, 6) is 0.353. The Labute approximate surface area is 67.6 Å². The molecule has 0 amide bonds. The first-order valence-electron chi connectivity index (χ1n) is 4.61. The quantitative estimate of drug-likeness (QED) is 0.525. The van der Waals surface area contributed by atoms with E-state index in [9.17, 15) is 4.79 Å². The second-order valence-electron chi connectivity index (χ2n) is 3.69. The predicted octanol–water partition coefficient (Wildman–Crippen LogP) is 1.06. The first-order valence-corrected chi connectivity index (χ1v) is 4.61. The normalized spacial score (nSPS) is 38.5. The molecule has 2 fully saturated rings. The van der Waals surface area contributed by atoms with Crippen LogP contribution in [0.2, 0.25) is 0 Å². The Morgan fingerprint density at radius 2 is 1.91 bits per heavy atom. The second-order valence-corrected chi connectivity index (χ2v) is 3.69. The van der Waals surface area contributed by atoms with E-state index in [0.717, 1.165) is 6.42 Å². The van der Waals surface area contributed by atoms with E-state index in [-0.39, 0.29) is 0 Å². The van der Waals surface area contributed by atoms with Gasteiger partial charge in [-0.2, -0.15) is 0 Å². The van der Waals surface area contributed by atoms with Crippen molar-refractivity contribution in [1.29, 1.82) is 0 Å². The summed E-state index contributed by atoms with van der Waals surface area (Å²) in [6.45, 7) is 2.46. The fourth-order valence-corrected chi connectivity index (χ4v) is 2.50. The number of hydrogen-bond donors (Lipinski definition) is 0. The molecular weight excluding hydrogens is 138 g/mol. The van der Waals surface area contributed by atoms with Crippen LogP contribution in [0.4, 0.5) is 0 Å². The third-order valence-electron chi connectivity index (χ3n) is 3.07. The SMILES string of the molecule is O=C[C@H]1CCCN2CCC[C@H]12. The summed E-state index contributed by atoms with van der Waals surface area (Å²) in [7, 11) is 0. The molecule has 0 spiro atoms. The zero-order valence-corrected chi connectivity index (χ0v) is 6.83. The van der Waals surface area contributed by atoms with Gasteiger partial charge in [-0.25, -0.2) is 0 Å². The minimum Gasteiger partial charge on any atom is -0.303 e. The highest BCUT2D eigenvalue weighted by atomic mass is 16.1. The lowest BCUT2D eigenvalue weighted by atomic mass is 9.91. The van der Waals surface area contributed by atoms with Crippen molar-refractivity contribution in [2.24, 2.45) is 5.92 Å². The third-order valence-corrected chi connectivity index (χ3v) is 3.07. The first-order chi connectivity index (χ1) is 5.42. The number of hydrogen-bond acceptors (Lipinski definition) is 2. The van der Waals surface area contributed by atoms with E-state index in [0.29, 0.717) is 12.0 Å². The van der Waals surface area contributed by atoms with Gasteiger partial charge in [-0.15, -0.1) is 0 Å². The molecule has 0 unspecified atom stereocenters. The summed E-state index contributed by atoms with van der Waals surface area (Å²) in [5, 5.41) is 0. The lowest BCUT2D eigenvalue weighted by Gasteiger charge is -2.33. The average molecular weight is 153 g/mol. The molecule has 2 saturated heterocycles. The standard InChI is InChI=1S/C9H15NO/c11-7-8-3-1-5-10-6-2-4-9(8)10/h7-9H,1-6H2/t8-,9-/m1/s1. The van der Waals surface area contributed by atoms with Gasteiger partial charge in [-0.1, -0.05) is 0 Å². The van der Waals surface area contributed by atoms with Crippen LogP contribution in [-0.2, 0) is 4.79 Å². The smallest absolute Gasteiger partial charge is 0.124 e. The van der Waals surface area contributed by atoms with Crippen molar-refractivity contribution >= 4 is 6.29 Å². The molecule has 2 atom stereocenters. The Morgan fingerprint density at radius 1 is 1.18 bits per heavy atom.